The molecule has 2 unspecified atom stereocenters. The number of phosphoric acid groups is 2. The van der Waals surface area contributed by atoms with Crippen molar-refractivity contribution in [2.24, 2.45) is 0 Å². The topological polar surface area (TPSA) is 330 Å². The molecule has 2 bridgehead atoms. The van der Waals surface area contributed by atoms with Gasteiger partial charge in [-0.25, -0.2) is 29.1 Å². The van der Waals surface area contributed by atoms with E-state index in [1.54, 1.807) is 0 Å². The van der Waals surface area contributed by atoms with Crippen molar-refractivity contribution in [3.63, 3.8) is 0 Å². The summed E-state index contributed by atoms with van der Waals surface area (Å²) in [4.78, 5) is 55.8. The molecule has 7 rings (SSSR count). The van der Waals surface area contributed by atoms with Crippen LogP contribution in [-0.4, -0.2) is 109 Å². The number of aliphatic hydroxyl groups is 2. The van der Waals surface area contributed by atoms with Crippen molar-refractivity contribution in [2.75, 3.05) is 24.7 Å². The van der Waals surface area contributed by atoms with Crippen molar-refractivity contribution in [2.45, 2.75) is 49.1 Å². The van der Waals surface area contributed by atoms with Gasteiger partial charge in [0, 0.05) is 0 Å². The minimum Gasteiger partial charge on any atom is -0.387 e. The number of hydrogen-bond acceptors (Lipinski definition) is 18. The van der Waals surface area contributed by atoms with Gasteiger partial charge in [-0.3, -0.25) is 37.0 Å². The predicted octanol–water partition coefficient (Wildman–Crippen LogP) is -2.34. The first kappa shape index (κ1) is 30.2. The fraction of sp³-hybridized carbons (Fsp3) is 0.500. The van der Waals surface area contributed by atoms with E-state index in [0.29, 0.717) is 0 Å². The summed E-state index contributed by atoms with van der Waals surface area (Å²) in [5, 5.41) is 22.1. The van der Waals surface area contributed by atoms with Crippen LogP contribution in [0.4, 0.5) is 11.8 Å². The monoisotopic (exact) mass is 674 g/mol. The molecular weight excluding hydrogens is 650 g/mol. The number of aromatic amines is 1. The SMILES string of the molecule is Nc1nc2c(ncn2[C@@H]2O[C@@H]3COP(=O)(O)O[C@H]4[C@H](O)[C@H](n5cnc6c(N)ncnc65)O[C@@H]4COP(=O)(O)O[C@@H]2[C@@H]3O)c(=O)[nH]1. The number of aromatic nitrogens is 8. The van der Waals surface area contributed by atoms with Crippen molar-refractivity contribution in [1.82, 2.24) is 39.0 Å². The molecule has 7 heterocycles. The summed E-state index contributed by atoms with van der Waals surface area (Å²) in [6, 6.07) is 0. The molecular formula is C20H24N10O13P2. The molecule has 242 valence electrons. The first-order chi connectivity index (χ1) is 21.3. The third kappa shape index (κ3) is 5.31. The molecule has 4 aromatic heterocycles. The van der Waals surface area contributed by atoms with Crippen molar-refractivity contribution in [3.05, 3.63) is 29.3 Å². The van der Waals surface area contributed by atoms with Gasteiger partial charge in [0.15, 0.2) is 35.1 Å². The normalized spacial score (nSPS) is 37.7. The number of hydrogen-bond donors (Lipinski definition) is 7. The molecule has 3 aliphatic heterocycles. The van der Waals surface area contributed by atoms with E-state index in [-0.39, 0.29) is 34.1 Å². The number of nitrogens with one attached hydrogen (secondary N) is 1. The third-order valence-electron chi connectivity index (χ3n) is 7.32. The lowest BCUT2D eigenvalue weighted by Gasteiger charge is -2.25. The van der Waals surface area contributed by atoms with Gasteiger partial charge in [0.05, 0.1) is 25.9 Å². The van der Waals surface area contributed by atoms with Gasteiger partial charge in [0.25, 0.3) is 5.56 Å². The second-order valence-corrected chi connectivity index (χ2v) is 13.0. The van der Waals surface area contributed by atoms with Crippen LogP contribution in [0.2, 0.25) is 0 Å². The molecule has 0 saturated carbocycles. The zero-order valence-corrected chi connectivity index (χ0v) is 24.2. The van der Waals surface area contributed by atoms with Crippen LogP contribution in [-0.2, 0) is 36.7 Å². The molecule has 25 heteroatoms. The first-order valence-corrected chi connectivity index (χ1v) is 15.9. The second-order valence-electron chi connectivity index (χ2n) is 10.1. The Labute approximate surface area is 248 Å². The molecule has 10 atom stereocenters. The van der Waals surface area contributed by atoms with Gasteiger partial charge in [-0.05, 0) is 0 Å². The fourth-order valence-electron chi connectivity index (χ4n) is 5.30. The standard InChI is InChI=1S/C20H24N10O13P2/c21-14-8-15(24-3-23-14)29(4-25-8)18-11(32)12-7(41-18)2-39-45(36,37)43-13-10(31)6(1-38-44(34,35)42-12)40-19(13)30-5-26-9-16(30)27-20(22)28-17(9)33/h3-7,10-13,18-19,31-32H,1-2H2,(H,34,35)(H,36,37)(H2,21,23,24)(H3,22,27,28,33)/t6-,7-,10-,11+,12-,13-,18-,19-/m1/s1. The van der Waals surface area contributed by atoms with E-state index >= 15 is 0 Å². The molecule has 0 spiro atoms. The highest BCUT2D eigenvalue weighted by Crippen LogP contribution is 2.53. The Kier molecular flexibility index (Phi) is 7.27. The Morgan fingerprint density at radius 1 is 0.822 bits per heavy atom. The van der Waals surface area contributed by atoms with Crippen LogP contribution < -0.4 is 17.0 Å². The maximum Gasteiger partial charge on any atom is 0.472 e. The predicted molar refractivity (Wildman–Crippen MR) is 143 cm³/mol. The highest BCUT2D eigenvalue weighted by molar-refractivity contribution is 7.47. The maximum atomic E-state index is 13.2. The number of nitrogen functional groups attached to an aromatic ring is 2. The fourth-order valence-corrected chi connectivity index (χ4v) is 7.19. The number of aliphatic hydroxyl groups excluding tert-OH is 2. The van der Waals surface area contributed by atoms with E-state index in [9.17, 15) is 33.9 Å². The Hall–Kier alpha value is -3.44. The average molecular weight is 674 g/mol. The maximum absolute atomic E-state index is 13.2. The van der Waals surface area contributed by atoms with E-state index in [1.165, 1.54) is 10.9 Å². The molecule has 0 aliphatic carbocycles. The number of H-pyrrole nitrogens is 1. The number of nitrogens with two attached hydrogens (primary N) is 2. The third-order valence-corrected chi connectivity index (χ3v) is 9.29. The zero-order valence-electron chi connectivity index (χ0n) is 22.4. The van der Waals surface area contributed by atoms with Crippen LogP contribution in [0, 0.1) is 0 Å². The quantitative estimate of drug-likeness (QED) is 0.109. The molecule has 0 radical (unpaired) electrons. The van der Waals surface area contributed by atoms with Gasteiger partial charge < -0.3 is 40.9 Å². The first-order valence-electron chi connectivity index (χ1n) is 13.0. The summed E-state index contributed by atoms with van der Waals surface area (Å²) < 4.78 is 61.0. The number of phosphoric ester groups is 2. The average Bonchev–Trinajstić information content (AvgIpc) is 3.72. The van der Waals surface area contributed by atoms with E-state index in [4.69, 9.17) is 39.0 Å². The second kappa shape index (κ2) is 10.8. The molecule has 0 aromatic carbocycles. The van der Waals surface area contributed by atoms with Crippen molar-refractivity contribution in [3.8, 4) is 0 Å². The molecule has 9 N–H and O–H groups in total. The molecule has 23 nitrogen and oxygen atoms in total. The Balaban J connectivity index is 1.21. The van der Waals surface area contributed by atoms with Crippen LogP contribution in [0.3, 0.4) is 0 Å². The summed E-state index contributed by atoms with van der Waals surface area (Å²) in [6.45, 7) is -1.65. The Morgan fingerprint density at radius 3 is 2.18 bits per heavy atom. The lowest BCUT2D eigenvalue weighted by Crippen LogP contribution is -2.36. The molecule has 0 amide bonds. The van der Waals surface area contributed by atoms with E-state index < -0.39 is 83.5 Å². The largest absolute Gasteiger partial charge is 0.472 e. The summed E-state index contributed by atoms with van der Waals surface area (Å²) in [5.74, 6) is -0.250. The molecule has 3 saturated heterocycles. The Morgan fingerprint density at radius 2 is 1.44 bits per heavy atom. The van der Waals surface area contributed by atoms with Crippen LogP contribution in [0.15, 0.2) is 23.8 Å². The number of anilines is 2. The Bertz CT molecular complexity index is 1940. The van der Waals surface area contributed by atoms with Crippen LogP contribution in [0.1, 0.15) is 12.5 Å². The van der Waals surface area contributed by atoms with Gasteiger partial charge in [-0.2, -0.15) is 4.98 Å². The molecule has 45 heavy (non-hydrogen) atoms. The van der Waals surface area contributed by atoms with Gasteiger partial charge in [-0.1, -0.05) is 0 Å². The minimum atomic E-state index is -5.11. The van der Waals surface area contributed by atoms with Crippen molar-refractivity contribution < 1.29 is 56.7 Å². The van der Waals surface area contributed by atoms with Gasteiger partial charge in [0.1, 0.15) is 48.5 Å². The number of ether oxygens (including phenoxy) is 2. The number of fused-ring (bicyclic) bond motifs is 5. The molecule has 3 fully saturated rings. The van der Waals surface area contributed by atoms with Crippen molar-refractivity contribution >= 4 is 49.7 Å². The van der Waals surface area contributed by atoms with E-state index in [2.05, 4.69) is 29.9 Å². The van der Waals surface area contributed by atoms with E-state index in [1.807, 2.05) is 0 Å². The van der Waals surface area contributed by atoms with Gasteiger partial charge in [-0.15, -0.1) is 0 Å². The minimum absolute atomic E-state index is 0.0343. The van der Waals surface area contributed by atoms with E-state index in [0.717, 1.165) is 17.2 Å². The van der Waals surface area contributed by atoms with Crippen LogP contribution in [0.25, 0.3) is 22.3 Å². The summed E-state index contributed by atoms with van der Waals surface area (Å²) in [5.41, 5.74) is 10.8. The number of imidazole rings is 2. The summed E-state index contributed by atoms with van der Waals surface area (Å²) in [7, 11) is -10.2. The zero-order chi connectivity index (χ0) is 31.8. The highest BCUT2D eigenvalue weighted by Gasteiger charge is 2.54. The number of rotatable bonds is 2. The van der Waals surface area contributed by atoms with Crippen LogP contribution >= 0.6 is 15.6 Å². The highest BCUT2D eigenvalue weighted by atomic mass is 31.2. The summed E-state index contributed by atoms with van der Waals surface area (Å²) in [6.07, 6.45) is -9.21. The van der Waals surface area contributed by atoms with Crippen LogP contribution in [0.5, 0.6) is 0 Å². The molecule has 3 aliphatic rings. The molecule has 4 aromatic rings. The lowest BCUT2D eigenvalue weighted by atomic mass is 10.1. The summed E-state index contributed by atoms with van der Waals surface area (Å²) >= 11 is 0. The smallest absolute Gasteiger partial charge is 0.387 e. The lowest BCUT2D eigenvalue weighted by molar-refractivity contribution is -0.0672. The van der Waals surface area contributed by atoms with Crippen molar-refractivity contribution in [1.29, 1.82) is 0 Å². The van der Waals surface area contributed by atoms with Gasteiger partial charge >= 0.3 is 15.6 Å². The number of nitrogens with zero attached hydrogens (tertiary/aromatic N) is 7. The van der Waals surface area contributed by atoms with Gasteiger partial charge in [0.2, 0.25) is 5.95 Å².